The lowest BCUT2D eigenvalue weighted by atomic mass is 9.72. The summed E-state index contributed by atoms with van der Waals surface area (Å²) in [6.45, 7) is 2.71. The molecule has 0 saturated heterocycles. The summed E-state index contributed by atoms with van der Waals surface area (Å²) in [5.41, 5.74) is 8.50. The van der Waals surface area contributed by atoms with Gasteiger partial charge in [0, 0.05) is 12.6 Å². The Morgan fingerprint density at radius 3 is 2.71 bits per heavy atom. The maximum atomic E-state index is 12.5. The second kappa shape index (κ2) is 6.37. The van der Waals surface area contributed by atoms with E-state index in [1.54, 1.807) is 0 Å². The summed E-state index contributed by atoms with van der Waals surface area (Å²) in [6, 6.07) is 8.60. The third-order valence-electron chi connectivity index (χ3n) is 4.92. The molecule has 0 aliphatic heterocycles. The number of nitrogens with two attached hydrogens (primary N) is 1. The van der Waals surface area contributed by atoms with Crippen molar-refractivity contribution in [3.05, 3.63) is 35.4 Å². The molecule has 0 radical (unpaired) electrons. The summed E-state index contributed by atoms with van der Waals surface area (Å²) >= 11 is 0. The minimum absolute atomic E-state index is 0. The molecule has 0 aromatic heterocycles. The third kappa shape index (κ3) is 3.58. The molecule has 2 aliphatic carbocycles. The van der Waals surface area contributed by atoms with E-state index in [-0.39, 0.29) is 29.8 Å². The molecule has 1 fully saturated rings. The molecule has 3 rings (SSSR count). The summed E-state index contributed by atoms with van der Waals surface area (Å²) in [4.78, 5) is 12.5. The number of fused-ring (bicyclic) bond motifs is 1. The first-order valence-corrected chi connectivity index (χ1v) is 7.69. The number of rotatable bonds is 4. The van der Waals surface area contributed by atoms with E-state index < -0.39 is 0 Å². The highest BCUT2D eigenvalue weighted by molar-refractivity contribution is 5.85. The molecule has 2 aliphatic rings. The van der Waals surface area contributed by atoms with E-state index in [0.717, 1.165) is 19.3 Å². The molecule has 1 amide bonds. The quantitative estimate of drug-likeness (QED) is 0.897. The van der Waals surface area contributed by atoms with Crippen LogP contribution < -0.4 is 11.1 Å². The van der Waals surface area contributed by atoms with E-state index in [0.29, 0.717) is 12.5 Å². The van der Waals surface area contributed by atoms with Gasteiger partial charge < -0.3 is 11.1 Å². The molecule has 21 heavy (non-hydrogen) atoms. The normalized spacial score (nSPS) is 25.4. The summed E-state index contributed by atoms with van der Waals surface area (Å²) in [6.07, 6.45) is 5.21. The topological polar surface area (TPSA) is 55.1 Å². The molecule has 1 saturated carbocycles. The highest BCUT2D eigenvalue weighted by Crippen LogP contribution is 2.35. The predicted octanol–water partition coefficient (Wildman–Crippen LogP) is 2.46. The Morgan fingerprint density at radius 1 is 1.38 bits per heavy atom. The fourth-order valence-corrected chi connectivity index (χ4v) is 3.20. The number of amides is 1. The monoisotopic (exact) mass is 308 g/mol. The minimum Gasteiger partial charge on any atom is -0.354 e. The molecule has 3 nitrogen and oxygen atoms in total. The number of nitrogens with one attached hydrogen (secondary N) is 1. The number of hydrogen-bond donors (Lipinski definition) is 2. The van der Waals surface area contributed by atoms with Crippen molar-refractivity contribution in [1.82, 2.24) is 5.32 Å². The molecule has 3 N–H and O–H groups in total. The Morgan fingerprint density at radius 2 is 2.05 bits per heavy atom. The maximum Gasteiger partial charge on any atom is 0.226 e. The van der Waals surface area contributed by atoms with E-state index >= 15 is 0 Å². The van der Waals surface area contributed by atoms with Gasteiger partial charge in [0.2, 0.25) is 5.91 Å². The Balaban J connectivity index is 0.00000161. The average Bonchev–Trinajstić information content (AvgIpc) is 3.28. The van der Waals surface area contributed by atoms with Crippen molar-refractivity contribution in [3.63, 3.8) is 0 Å². The van der Waals surface area contributed by atoms with Crippen LogP contribution in [0.2, 0.25) is 0 Å². The lowest BCUT2D eigenvalue weighted by Gasteiger charge is -2.34. The standard InChI is InChI=1S/C17H24N2O.ClH/c1-17(16(20)19-11-15(18)13-6-7-13)9-8-12-4-2-3-5-14(12)10-17;/h2-5,13,15H,6-11,18H2,1H3,(H,19,20);1H. The maximum absolute atomic E-state index is 12.5. The Bertz CT molecular complexity index is 515. The van der Waals surface area contributed by atoms with Gasteiger partial charge in [0.15, 0.2) is 0 Å². The molecule has 0 spiro atoms. The van der Waals surface area contributed by atoms with Gasteiger partial charge in [0.25, 0.3) is 0 Å². The molecule has 0 bridgehead atoms. The van der Waals surface area contributed by atoms with E-state index in [1.807, 2.05) is 0 Å². The van der Waals surface area contributed by atoms with Crippen molar-refractivity contribution in [2.75, 3.05) is 6.54 Å². The van der Waals surface area contributed by atoms with Crippen molar-refractivity contribution in [1.29, 1.82) is 0 Å². The number of aryl methyl sites for hydroxylation is 1. The second-order valence-corrected chi connectivity index (χ2v) is 6.72. The summed E-state index contributed by atoms with van der Waals surface area (Å²) < 4.78 is 0. The molecule has 0 heterocycles. The Hall–Kier alpha value is -1.06. The van der Waals surface area contributed by atoms with Crippen molar-refractivity contribution >= 4 is 18.3 Å². The SMILES string of the molecule is CC1(C(=O)NCC(N)C2CC2)CCc2ccccc2C1.Cl. The summed E-state index contributed by atoms with van der Waals surface area (Å²) in [7, 11) is 0. The molecule has 1 aromatic rings. The zero-order valence-electron chi connectivity index (χ0n) is 12.6. The molecule has 4 heteroatoms. The highest BCUT2D eigenvalue weighted by atomic mass is 35.5. The molecular weight excluding hydrogens is 284 g/mol. The van der Waals surface area contributed by atoms with Gasteiger partial charge in [-0.25, -0.2) is 0 Å². The second-order valence-electron chi connectivity index (χ2n) is 6.72. The molecule has 116 valence electrons. The van der Waals surface area contributed by atoms with E-state index in [9.17, 15) is 4.79 Å². The average molecular weight is 309 g/mol. The van der Waals surface area contributed by atoms with Crippen LogP contribution in [0, 0.1) is 11.3 Å². The van der Waals surface area contributed by atoms with Crippen LogP contribution in [0.4, 0.5) is 0 Å². The van der Waals surface area contributed by atoms with Crippen LogP contribution in [0.1, 0.15) is 37.3 Å². The lowest BCUT2D eigenvalue weighted by Crippen LogP contribution is -2.47. The Labute approximate surface area is 133 Å². The molecule has 1 aromatic carbocycles. The van der Waals surface area contributed by atoms with Gasteiger partial charge >= 0.3 is 0 Å². The van der Waals surface area contributed by atoms with Gasteiger partial charge in [0.05, 0.1) is 5.41 Å². The van der Waals surface area contributed by atoms with E-state index in [2.05, 4.69) is 36.5 Å². The summed E-state index contributed by atoms with van der Waals surface area (Å²) in [5.74, 6) is 0.804. The largest absolute Gasteiger partial charge is 0.354 e. The van der Waals surface area contributed by atoms with Crippen LogP contribution in [0.5, 0.6) is 0 Å². The van der Waals surface area contributed by atoms with Crippen molar-refractivity contribution in [2.24, 2.45) is 17.1 Å². The predicted molar refractivity (Wildman–Crippen MR) is 87.5 cm³/mol. The summed E-state index contributed by atoms with van der Waals surface area (Å²) in [5, 5.41) is 3.08. The van der Waals surface area contributed by atoms with Gasteiger partial charge in [-0.15, -0.1) is 12.4 Å². The van der Waals surface area contributed by atoms with E-state index in [1.165, 1.54) is 24.0 Å². The lowest BCUT2D eigenvalue weighted by molar-refractivity contribution is -0.130. The van der Waals surface area contributed by atoms with Crippen LogP contribution in [-0.4, -0.2) is 18.5 Å². The zero-order chi connectivity index (χ0) is 14.2. The fourth-order valence-electron chi connectivity index (χ4n) is 3.20. The number of carbonyl (C=O) groups is 1. The number of halogens is 1. The first-order valence-electron chi connectivity index (χ1n) is 7.69. The first-order chi connectivity index (χ1) is 9.58. The number of hydrogen-bond acceptors (Lipinski definition) is 2. The highest BCUT2D eigenvalue weighted by Gasteiger charge is 2.37. The molecular formula is C17H25ClN2O. The van der Waals surface area contributed by atoms with Crippen LogP contribution in [0.3, 0.4) is 0 Å². The van der Waals surface area contributed by atoms with Gasteiger partial charge in [-0.3, -0.25) is 4.79 Å². The molecule has 2 unspecified atom stereocenters. The van der Waals surface area contributed by atoms with Crippen molar-refractivity contribution < 1.29 is 4.79 Å². The van der Waals surface area contributed by atoms with Gasteiger partial charge in [-0.1, -0.05) is 31.2 Å². The smallest absolute Gasteiger partial charge is 0.226 e. The van der Waals surface area contributed by atoms with Crippen molar-refractivity contribution in [2.45, 2.75) is 45.1 Å². The third-order valence-corrected chi connectivity index (χ3v) is 4.92. The first kappa shape index (κ1) is 16.3. The fraction of sp³-hybridized carbons (Fsp3) is 0.588. The van der Waals surface area contributed by atoms with Gasteiger partial charge in [0.1, 0.15) is 0 Å². The Kier molecular flexibility index (Phi) is 4.95. The number of carbonyl (C=O) groups excluding carboxylic acids is 1. The van der Waals surface area contributed by atoms with E-state index in [4.69, 9.17) is 5.73 Å². The minimum atomic E-state index is -0.280. The van der Waals surface area contributed by atoms with Crippen LogP contribution in [0.25, 0.3) is 0 Å². The van der Waals surface area contributed by atoms with Gasteiger partial charge in [-0.05, 0) is 49.1 Å². The number of benzene rings is 1. The van der Waals surface area contributed by atoms with Crippen LogP contribution >= 0.6 is 12.4 Å². The zero-order valence-corrected chi connectivity index (χ0v) is 13.4. The van der Waals surface area contributed by atoms with Crippen LogP contribution in [0.15, 0.2) is 24.3 Å². The molecule has 2 atom stereocenters. The van der Waals surface area contributed by atoms with Crippen LogP contribution in [-0.2, 0) is 17.6 Å². The van der Waals surface area contributed by atoms with Gasteiger partial charge in [-0.2, -0.15) is 0 Å². The van der Waals surface area contributed by atoms with Crippen molar-refractivity contribution in [3.8, 4) is 0 Å².